The molecule has 1 aromatic heterocycles. The normalized spacial score (nSPS) is 15.5. The molecule has 1 aliphatic rings. The third-order valence-corrected chi connectivity index (χ3v) is 7.30. The molecule has 174 valence electrons. The molecule has 0 bridgehead atoms. The number of hydrogen-bond acceptors (Lipinski definition) is 5. The van der Waals surface area contributed by atoms with E-state index >= 15 is 0 Å². The minimum absolute atomic E-state index is 0.0183. The van der Waals surface area contributed by atoms with Crippen LogP contribution in [0.4, 0.5) is 0 Å². The van der Waals surface area contributed by atoms with E-state index in [1.165, 1.54) is 10.6 Å². The second-order valence-electron chi connectivity index (χ2n) is 8.15. The van der Waals surface area contributed by atoms with Crippen molar-refractivity contribution in [3.63, 3.8) is 0 Å². The molecule has 9 heteroatoms. The largest absolute Gasteiger partial charge is 0.491 e. The van der Waals surface area contributed by atoms with Gasteiger partial charge in [-0.3, -0.25) is 0 Å². The summed E-state index contributed by atoms with van der Waals surface area (Å²) in [4.78, 5) is 0. The lowest BCUT2D eigenvalue weighted by atomic mass is 10.1. The highest BCUT2D eigenvalue weighted by molar-refractivity contribution is 7.88. The van der Waals surface area contributed by atoms with Crippen molar-refractivity contribution in [2.45, 2.75) is 32.3 Å². The van der Waals surface area contributed by atoms with E-state index in [9.17, 15) is 13.7 Å². The van der Waals surface area contributed by atoms with E-state index in [0.29, 0.717) is 48.9 Å². The summed E-state index contributed by atoms with van der Waals surface area (Å²) in [5, 5.41) is 11.0. The van der Waals surface area contributed by atoms with Crippen molar-refractivity contribution < 1.29 is 17.9 Å². The van der Waals surface area contributed by atoms with Crippen LogP contribution in [0.15, 0.2) is 42.6 Å². The van der Waals surface area contributed by atoms with Crippen LogP contribution in [0.5, 0.6) is 11.5 Å². The maximum absolute atomic E-state index is 11.7. The highest BCUT2D eigenvalue weighted by atomic mass is 35.5. The van der Waals surface area contributed by atoms with Crippen LogP contribution in [-0.4, -0.2) is 49.3 Å². The molecule has 0 aliphatic carbocycles. The number of benzene rings is 2. The van der Waals surface area contributed by atoms with Crippen LogP contribution < -0.4 is 9.47 Å². The van der Waals surface area contributed by atoms with Gasteiger partial charge >= 0.3 is 0 Å². The van der Waals surface area contributed by atoms with Crippen LogP contribution in [0.1, 0.15) is 31.7 Å². The first-order valence-corrected chi connectivity index (χ1v) is 13.1. The molecule has 0 radical (unpaired) electrons. The number of nitriles is 1. The summed E-state index contributed by atoms with van der Waals surface area (Å²) in [6.07, 6.45) is 5.30. The Bertz CT molecular complexity index is 1310. The van der Waals surface area contributed by atoms with Gasteiger partial charge in [-0.15, -0.1) is 0 Å². The molecule has 2 aromatic carbocycles. The van der Waals surface area contributed by atoms with Crippen molar-refractivity contribution in [2.24, 2.45) is 0 Å². The van der Waals surface area contributed by atoms with Crippen LogP contribution in [0.2, 0.25) is 5.02 Å². The maximum atomic E-state index is 11.7. The zero-order chi connectivity index (χ0) is 23.6. The van der Waals surface area contributed by atoms with Crippen LogP contribution in [-0.2, 0) is 10.0 Å². The van der Waals surface area contributed by atoms with Gasteiger partial charge in [0, 0.05) is 30.4 Å². The van der Waals surface area contributed by atoms with Crippen molar-refractivity contribution in [1.29, 1.82) is 5.26 Å². The number of halogens is 1. The van der Waals surface area contributed by atoms with E-state index in [1.54, 1.807) is 12.1 Å². The third-order valence-electron chi connectivity index (χ3n) is 5.71. The first-order chi connectivity index (χ1) is 15.8. The highest BCUT2D eigenvalue weighted by Crippen LogP contribution is 2.34. The SMILES string of the molecule is CCCOc1c(Cl)cc(-n2ccc3cc(OC4CCN(S(C)(=O)=O)CC4)ccc32)cc1C#N. The predicted octanol–water partition coefficient (Wildman–Crippen LogP) is 4.75. The van der Waals surface area contributed by atoms with Crippen LogP contribution in [0, 0.1) is 11.3 Å². The lowest BCUT2D eigenvalue weighted by Gasteiger charge is -2.30. The summed E-state index contributed by atoms with van der Waals surface area (Å²) in [6.45, 7) is 3.44. The predicted molar refractivity (Wildman–Crippen MR) is 129 cm³/mol. The molecule has 1 saturated heterocycles. The third kappa shape index (κ3) is 5.11. The number of fused-ring (bicyclic) bond motifs is 1. The quantitative estimate of drug-likeness (QED) is 0.480. The van der Waals surface area contributed by atoms with Gasteiger partial charge in [0.25, 0.3) is 0 Å². The van der Waals surface area contributed by atoms with Gasteiger partial charge in [-0.25, -0.2) is 12.7 Å². The van der Waals surface area contributed by atoms with Gasteiger partial charge in [0.15, 0.2) is 5.75 Å². The van der Waals surface area contributed by atoms with Crippen LogP contribution >= 0.6 is 11.6 Å². The number of aromatic nitrogens is 1. The monoisotopic (exact) mass is 487 g/mol. The van der Waals surface area contributed by atoms with E-state index in [2.05, 4.69) is 6.07 Å². The lowest BCUT2D eigenvalue weighted by Crippen LogP contribution is -2.41. The van der Waals surface area contributed by atoms with Gasteiger partial charge in [-0.1, -0.05) is 18.5 Å². The second kappa shape index (κ2) is 9.64. The van der Waals surface area contributed by atoms with Gasteiger partial charge in [0.1, 0.15) is 17.9 Å². The Morgan fingerprint density at radius 2 is 1.94 bits per heavy atom. The summed E-state index contributed by atoms with van der Waals surface area (Å²) < 4.78 is 38.7. The highest BCUT2D eigenvalue weighted by Gasteiger charge is 2.26. The van der Waals surface area contributed by atoms with Gasteiger partial charge in [0.05, 0.1) is 29.0 Å². The van der Waals surface area contributed by atoms with E-state index < -0.39 is 10.0 Å². The van der Waals surface area contributed by atoms with E-state index in [-0.39, 0.29) is 6.10 Å². The average molecular weight is 488 g/mol. The number of rotatable bonds is 7. The van der Waals surface area contributed by atoms with Gasteiger partial charge in [0.2, 0.25) is 10.0 Å². The Hall–Kier alpha value is -2.73. The topological polar surface area (TPSA) is 84.6 Å². The standard InChI is InChI=1S/C24H26ClN3O4S/c1-3-12-31-24-18(16-26)13-19(15-22(24)25)28-11-6-17-14-21(4-5-23(17)28)32-20-7-9-27(10-8-20)33(2,29)30/h4-6,11,13-15,20H,3,7-10,12H2,1-2H3. The molecule has 7 nitrogen and oxygen atoms in total. The maximum Gasteiger partial charge on any atom is 0.211 e. The fourth-order valence-corrected chi connectivity index (χ4v) is 5.19. The van der Waals surface area contributed by atoms with Crippen molar-refractivity contribution in [3.05, 3.63) is 53.2 Å². The Labute approximate surface area is 199 Å². The summed E-state index contributed by atoms with van der Waals surface area (Å²) in [7, 11) is -3.15. The zero-order valence-electron chi connectivity index (χ0n) is 18.6. The second-order valence-corrected chi connectivity index (χ2v) is 10.5. The molecule has 1 fully saturated rings. The first kappa shape index (κ1) is 23.4. The summed E-state index contributed by atoms with van der Waals surface area (Å²) in [5.41, 5.74) is 2.13. The molecular formula is C24H26ClN3O4S. The first-order valence-electron chi connectivity index (χ1n) is 10.9. The molecule has 0 saturated carbocycles. The molecule has 0 N–H and O–H groups in total. The number of hydrogen-bond donors (Lipinski definition) is 0. The van der Waals surface area contributed by atoms with Gasteiger partial charge in [-0.05, 0) is 55.7 Å². The van der Waals surface area contributed by atoms with Gasteiger partial charge in [-0.2, -0.15) is 5.26 Å². The number of sulfonamides is 1. The Balaban J connectivity index is 1.54. The fraction of sp³-hybridized carbons (Fsp3) is 0.375. The number of ether oxygens (including phenoxy) is 2. The molecule has 0 unspecified atom stereocenters. The minimum atomic E-state index is -3.15. The Morgan fingerprint density at radius 3 is 2.61 bits per heavy atom. The summed E-state index contributed by atoms with van der Waals surface area (Å²) >= 11 is 6.44. The van der Waals surface area contributed by atoms with Crippen molar-refractivity contribution in [3.8, 4) is 23.3 Å². The molecule has 0 spiro atoms. The summed E-state index contributed by atoms with van der Waals surface area (Å²) in [6, 6.07) is 13.6. The molecule has 2 heterocycles. The molecule has 0 amide bonds. The van der Waals surface area contributed by atoms with Crippen LogP contribution in [0.3, 0.4) is 0 Å². The molecule has 33 heavy (non-hydrogen) atoms. The van der Waals surface area contributed by atoms with Crippen LogP contribution in [0.25, 0.3) is 16.6 Å². The van der Waals surface area contributed by atoms with Gasteiger partial charge < -0.3 is 14.0 Å². The molecule has 4 rings (SSSR count). The lowest BCUT2D eigenvalue weighted by molar-refractivity contribution is 0.135. The fourth-order valence-electron chi connectivity index (χ4n) is 4.05. The van der Waals surface area contributed by atoms with Crippen molar-refractivity contribution >= 4 is 32.5 Å². The van der Waals surface area contributed by atoms with E-state index in [0.717, 1.165) is 28.8 Å². The Morgan fingerprint density at radius 1 is 1.18 bits per heavy atom. The Kier molecular flexibility index (Phi) is 6.84. The molecule has 3 aromatic rings. The molecule has 1 aliphatic heterocycles. The van der Waals surface area contributed by atoms with E-state index in [4.69, 9.17) is 21.1 Å². The summed E-state index contributed by atoms with van der Waals surface area (Å²) in [5.74, 6) is 1.16. The number of nitrogens with zero attached hydrogens (tertiary/aromatic N) is 3. The van der Waals surface area contributed by atoms with Crippen molar-refractivity contribution in [1.82, 2.24) is 8.87 Å². The molecular weight excluding hydrogens is 462 g/mol. The minimum Gasteiger partial charge on any atom is -0.491 e. The number of piperidine rings is 1. The van der Waals surface area contributed by atoms with E-state index in [1.807, 2.05) is 42.0 Å². The molecule has 0 atom stereocenters. The van der Waals surface area contributed by atoms with Crippen molar-refractivity contribution in [2.75, 3.05) is 26.0 Å². The average Bonchev–Trinajstić information content (AvgIpc) is 3.21. The smallest absolute Gasteiger partial charge is 0.211 e. The zero-order valence-corrected chi connectivity index (χ0v) is 20.2.